The molecule has 3 atom stereocenters. The lowest BCUT2D eigenvalue weighted by Gasteiger charge is -2.49. The lowest BCUT2D eigenvalue weighted by molar-refractivity contribution is -0.150. The number of hydrogen-bond donors (Lipinski definition) is 3. The monoisotopic (exact) mass is 392 g/mol. The normalized spacial score (nSPS) is 24.4. The van der Waals surface area contributed by atoms with Crippen molar-refractivity contribution in [2.45, 2.75) is 23.6 Å². The number of carbonyl (C=O) groups excluding carboxylic acids is 2. The molecule has 4 N–H and O–H groups in total. The zero-order chi connectivity index (χ0) is 19.7. The fourth-order valence-electron chi connectivity index (χ4n) is 2.70. The highest BCUT2D eigenvalue weighted by atomic mass is 32.2. The largest absolute Gasteiger partial charge is 0.477 e. The summed E-state index contributed by atoms with van der Waals surface area (Å²) in [5.74, 6) is -2.38. The van der Waals surface area contributed by atoms with Crippen LogP contribution in [0.3, 0.4) is 0 Å². The van der Waals surface area contributed by atoms with E-state index in [1.165, 1.54) is 37.2 Å². The van der Waals surface area contributed by atoms with Crippen molar-refractivity contribution >= 4 is 41.1 Å². The van der Waals surface area contributed by atoms with Crippen LogP contribution in [-0.2, 0) is 19.2 Å². The number of fused-ring (bicyclic) bond motifs is 1. The Morgan fingerprint density at radius 3 is 2.85 bits per heavy atom. The first kappa shape index (κ1) is 18.6. The number of nitrogens with one attached hydrogen (secondary N) is 1. The van der Waals surface area contributed by atoms with Gasteiger partial charge in [0.05, 0.1) is 0 Å². The van der Waals surface area contributed by atoms with E-state index in [4.69, 9.17) is 5.73 Å². The van der Waals surface area contributed by atoms with Crippen molar-refractivity contribution in [2.75, 3.05) is 12.8 Å². The third-order valence-electron chi connectivity index (χ3n) is 3.84. The SMILES string of the molecule is CO/N=C(/C(=O)NC1C(=O)N2C(C(=O)O)=CC(C)SC12)c1nccc(N)n1. The number of nitrogens with two attached hydrogens (primary N) is 1. The number of aromatic nitrogens is 2. The Hall–Kier alpha value is -3.15. The van der Waals surface area contributed by atoms with Gasteiger partial charge in [-0.05, 0) is 19.1 Å². The van der Waals surface area contributed by atoms with Gasteiger partial charge in [-0.2, -0.15) is 0 Å². The summed E-state index contributed by atoms with van der Waals surface area (Å²) in [5.41, 5.74) is 5.25. The third kappa shape index (κ3) is 3.43. The molecule has 2 aliphatic rings. The molecule has 0 radical (unpaired) electrons. The Morgan fingerprint density at radius 1 is 1.48 bits per heavy atom. The van der Waals surface area contributed by atoms with Crippen LogP contribution in [0.15, 0.2) is 29.2 Å². The number of β-lactam (4-membered cyclic amide) rings is 1. The average Bonchev–Trinajstić information content (AvgIpc) is 2.63. The molecular formula is C15H16N6O5S. The van der Waals surface area contributed by atoms with Gasteiger partial charge >= 0.3 is 5.97 Å². The predicted octanol–water partition coefficient (Wildman–Crippen LogP) is -0.834. The molecule has 142 valence electrons. The number of anilines is 1. The van der Waals surface area contributed by atoms with Crippen LogP contribution in [0.4, 0.5) is 5.82 Å². The number of carboxylic acids is 1. The van der Waals surface area contributed by atoms with Gasteiger partial charge in [-0.1, -0.05) is 5.16 Å². The summed E-state index contributed by atoms with van der Waals surface area (Å²) in [7, 11) is 1.25. The van der Waals surface area contributed by atoms with E-state index >= 15 is 0 Å². The second-order valence-electron chi connectivity index (χ2n) is 5.68. The van der Waals surface area contributed by atoms with Gasteiger partial charge in [-0.15, -0.1) is 11.8 Å². The molecule has 1 fully saturated rings. The van der Waals surface area contributed by atoms with Crippen molar-refractivity contribution in [2.24, 2.45) is 5.16 Å². The number of amides is 2. The van der Waals surface area contributed by atoms with Crippen LogP contribution >= 0.6 is 11.8 Å². The van der Waals surface area contributed by atoms with Gasteiger partial charge in [0, 0.05) is 11.4 Å². The van der Waals surface area contributed by atoms with Gasteiger partial charge in [0.1, 0.15) is 30.0 Å². The lowest BCUT2D eigenvalue weighted by Crippen LogP contribution is -2.71. The molecule has 1 aromatic heterocycles. The first-order chi connectivity index (χ1) is 12.8. The first-order valence-corrected chi connectivity index (χ1v) is 8.72. The zero-order valence-corrected chi connectivity index (χ0v) is 15.1. The maximum Gasteiger partial charge on any atom is 0.352 e. The third-order valence-corrected chi connectivity index (χ3v) is 5.17. The van der Waals surface area contributed by atoms with E-state index in [9.17, 15) is 19.5 Å². The van der Waals surface area contributed by atoms with E-state index in [0.717, 1.165) is 4.90 Å². The van der Waals surface area contributed by atoms with Crippen LogP contribution in [0.1, 0.15) is 12.7 Å². The standard InChI is InChI=1S/C15H16N6O5S/c1-6-5-7(15(24)25)21-13(23)10(14(21)27-6)19-12(22)9(20-26-2)11-17-4-3-8(16)18-11/h3-6,10,14H,1-2H3,(H,19,22)(H,24,25)(H2,16,17,18)/b20-9+. The minimum atomic E-state index is -1.19. The van der Waals surface area contributed by atoms with Gasteiger partial charge in [-0.25, -0.2) is 14.8 Å². The molecule has 11 nitrogen and oxygen atoms in total. The number of rotatable bonds is 5. The van der Waals surface area contributed by atoms with Gasteiger partial charge < -0.3 is 21.0 Å². The van der Waals surface area contributed by atoms with E-state index in [0.29, 0.717) is 0 Å². The van der Waals surface area contributed by atoms with Crippen LogP contribution in [0.5, 0.6) is 0 Å². The summed E-state index contributed by atoms with van der Waals surface area (Å²) in [6, 6.07) is 0.537. The van der Waals surface area contributed by atoms with E-state index in [1.807, 2.05) is 6.92 Å². The van der Waals surface area contributed by atoms with Crippen molar-refractivity contribution in [3.63, 3.8) is 0 Å². The molecule has 3 heterocycles. The second kappa shape index (κ2) is 7.23. The summed E-state index contributed by atoms with van der Waals surface area (Å²) >= 11 is 1.36. The van der Waals surface area contributed by atoms with Crippen molar-refractivity contribution in [3.8, 4) is 0 Å². The van der Waals surface area contributed by atoms with Gasteiger partial charge in [0.15, 0.2) is 5.82 Å². The quantitative estimate of drug-likeness (QED) is 0.330. The Bertz CT molecular complexity index is 872. The van der Waals surface area contributed by atoms with Crippen LogP contribution < -0.4 is 11.1 Å². The van der Waals surface area contributed by atoms with Crippen molar-refractivity contribution < 1.29 is 24.3 Å². The summed E-state index contributed by atoms with van der Waals surface area (Å²) in [5, 5.41) is 14.8. The van der Waals surface area contributed by atoms with Crippen LogP contribution in [0.25, 0.3) is 0 Å². The molecule has 2 aliphatic heterocycles. The Kier molecular flexibility index (Phi) is 4.99. The molecular weight excluding hydrogens is 376 g/mol. The average molecular weight is 392 g/mol. The highest BCUT2D eigenvalue weighted by Gasteiger charge is 2.54. The maximum atomic E-state index is 12.6. The smallest absolute Gasteiger partial charge is 0.352 e. The molecule has 3 rings (SSSR count). The summed E-state index contributed by atoms with van der Waals surface area (Å²) in [4.78, 5) is 50.0. The van der Waals surface area contributed by atoms with E-state index in [-0.39, 0.29) is 28.3 Å². The molecule has 2 amide bonds. The highest BCUT2D eigenvalue weighted by Crippen LogP contribution is 2.40. The summed E-state index contributed by atoms with van der Waals surface area (Å²) in [6.07, 6.45) is 2.85. The summed E-state index contributed by atoms with van der Waals surface area (Å²) in [6.45, 7) is 1.81. The molecule has 0 spiro atoms. The molecule has 0 aliphatic carbocycles. The molecule has 1 saturated heterocycles. The molecule has 3 unspecified atom stereocenters. The molecule has 0 saturated carbocycles. The minimum absolute atomic E-state index is 0.0613. The number of thioether (sulfide) groups is 1. The lowest BCUT2D eigenvalue weighted by atomic mass is 10.0. The van der Waals surface area contributed by atoms with Gasteiger partial charge in [0.25, 0.3) is 11.8 Å². The zero-order valence-electron chi connectivity index (χ0n) is 14.3. The number of carbonyl (C=O) groups is 3. The molecule has 27 heavy (non-hydrogen) atoms. The Labute approximate surface area is 157 Å². The molecule has 0 bridgehead atoms. The van der Waals surface area contributed by atoms with Crippen LogP contribution in [0.2, 0.25) is 0 Å². The molecule has 12 heteroatoms. The second-order valence-corrected chi connectivity index (χ2v) is 7.17. The van der Waals surface area contributed by atoms with Crippen molar-refractivity contribution in [1.82, 2.24) is 20.2 Å². The van der Waals surface area contributed by atoms with Crippen molar-refractivity contribution in [1.29, 1.82) is 0 Å². The number of hydrogen-bond acceptors (Lipinski definition) is 9. The fraction of sp³-hybridized carbons (Fsp3) is 0.333. The van der Waals surface area contributed by atoms with Crippen molar-refractivity contribution in [3.05, 3.63) is 29.9 Å². The number of oxime groups is 1. The maximum absolute atomic E-state index is 12.6. The van der Waals surface area contributed by atoms with Crippen LogP contribution in [-0.4, -0.2) is 67.2 Å². The van der Waals surface area contributed by atoms with E-state index in [2.05, 4.69) is 25.3 Å². The highest BCUT2D eigenvalue weighted by molar-refractivity contribution is 8.00. The minimum Gasteiger partial charge on any atom is -0.477 e. The number of nitrogen functional groups attached to an aromatic ring is 1. The van der Waals surface area contributed by atoms with Gasteiger partial charge in [0.2, 0.25) is 5.71 Å². The Balaban J connectivity index is 1.80. The Morgan fingerprint density at radius 2 is 2.22 bits per heavy atom. The first-order valence-electron chi connectivity index (χ1n) is 7.78. The number of aliphatic carboxylic acids is 1. The number of carboxylic acid groups (broad SMARTS) is 1. The fourth-order valence-corrected chi connectivity index (χ4v) is 4.03. The molecule has 1 aromatic rings. The van der Waals surface area contributed by atoms with E-state index < -0.39 is 29.2 Å². The topological polar surface area (TPSA) is 160 Å². The predicted molar refractivity (Wildman–Crippen MR) is 95.3 cm³/mol. The molecule has 0 aromatic carbocycles. The summed E-state index contributed by atoms with van der Waals surface area (Å²) < 4.78 is 0. The van der Waals surface area contributed by atoms with Crippen LogP contribution in [0, 0.1) is 0 Å². The van der Waals surface area contributed by atoms with Gasteiger partial charge in [-0.3, -0.25) is 14.5 Å². The van der Waals surface area contributed by atoms with E-state index in [1.54, 1.807) is 0 Å². The number of nitrogens with zero attached hydrogens (tertiary/aromatic N) is 4.